The minimum atomic E-state index is -1.97. The highest BCUT2D eigenvalue weighted by Gasteiger charge is 2.44. The number of ether oxygens (including phenoxy) is 1. The summed E-state index contributed by atoms with van der Waals surface area (Å²) in [5, 5.41) is 5.19. The molecule has 4 heteroatoms. The SMILES string of the molecule is CC(C)(C)OC(=O)n1cc(CC[P+](c2ccccc2)(c2ccccc2)c2ccccc2)c2ccccc21. The summed E-state index contributed by atoms with van der Waals surface area (Å²) in [5.41, 5.74) is 1.49. The Morgan fingerprint density at radius 1 is 0.703 bits per heavy atom. The predicted molar refractivity (Wildman–Crippen MR) is 157 cm³/mol. The number of fused-ring (bicyclic) bond motifs is 1. The first kappa shape index (κ1) is 25.0. The standard InChI is InChI=1S/C33H33NO2P/c1-33(2,3)36-32(35)34-25-26(30-21-13-14-22-31(30)34)23-24-37(27-15-7-4-8-16-27,28-17-9-5-10-18-28)29-19-11-6-12-20-29/h4-22,25H,23-24H2,1-3H3/q+1. The monoisotopic (exact) mass is 506 g/mol. The predicted octanol–water partition coefficient (Wildman–Crippen LogP) is 6.96. The normalized spacial score (nSPS) is 12.0. The van der Waals surface area contributed by atoms with Gasteiger partial charge in [0.1, 0.15) is 28.8 Å². The smallest absolute Gasteiger partial charge is 0.419 e. The molecule has 1 heterocycles. The lowest BCUT2D eigenvalue weighted by molar-refractivity contribution is 0.0544. The van der Waals surface area contributed by atoms with E-state index in [0.717, 1.165) is 29.0 Å². The van der Waals surface area contributed by atoms with Crippen LogP contribution in [0.25, 0.3) is 10.9 Å². The van der Waals surface area contributed by atoms with Crippen LogP contribution in [0.15, 0.2) is 121 Å². The summed E-state index contributed by atoms with van der Waals surface area (Å²) in [5.74, 6) is 0. The van der Waals surface area contributed by atoms with Gasteiger partial charge in [-0.15, -0.1) is 0 Å². The van der Waals surface area contributed by atoms with Gasteiger partial charge in [0.25, 0.3) is 0 Å². The first-order chi connectivity index (χ1) is 17.9. The molecule has 0 fully saturated rings. The third-order valence-electron chi connectivity index (χ3n) is 6.69. The van der Waals surface area contributed by atoms with Gasteiger partial charge in [0, 0.05) is 18.0 Å². The summed E-state index contributed by atoms with van der Waals surface area (Å²) in [6.45, 7) is 5.70. The van der Waals surface area contributed by atoms with Crippen molar-refractivity contribution in [1.82, 2.24) is 4.57 Å². The van der Waals surface area contributed by atoms with E-state index < -0.39 is 12.9 Å². The molecule has 5 rings (SSSR count). The van der Waals surface area contributed by atoms with Crippen LogP contribution in [0.2, 0.25) is 0 Å². The van der Waals surface area contributed by atoms with Crippen LogP contribution in [-0.2, 0) is 11.2 Å². The van der Waals surface area contributed by atoms with Crippen molar-refractivity contribution >= 4 is 40.2 Å². The second-order valence-corrected chi connectivity index (χ2v) is 13.9. The van der Waals surface area contributed by atoms with Gasteiger partial charge >= 0.3 is 6.09 Å². The molecule has 0 amide bonds. The first-order valence-corrected chi connectivity index (χ1v) is 14.7. The van der Waals surface area contributed by atoms with Gasteiger partial charge in [-0.2, -0.15) is 0 Å². The fourth-order valence-electron chi connectivity index (χ4n) is 5.08. The van der Waals surface area contributed by atoms with E-state index in [0.29, 0.717) is 0 Å². The molecule has 0 aliphatic carbocycles. The maximum Gasteiger partial charge on any atom is 0.419 e. The van der Waals surface area contributed by atoms with E-state index in [2.05, 4.69) is 97.1 Å². The number of aromatic nitrogens is 1. The number of benzene rings is 4. The highest BCUT2D eigenvalue weighted by molar-refractivity contribution is 7.95. The molecule has 0 bridgehead atoms. The van der Waals surface area contributed by atoms with Crippen molar-refractivity contribution in [1.29, 1.82) is 0 Å². The number of rotatable bonds is 6. The Labute approximate surface area is 220 Å². The van der Waals surface area contributed by atoms with Gasteiger partial charge in [-0.3, -0.25) is 4.57 Å². The molecule has 0 radical (unpaired) electrons. The zero-order valence-corrected chi connectivity index (χ0v) is 22.6. The average molecular weight is 507 g/mol. The molecule has 0 N–H and O–H groups in total. The molecule has 0 saturated heterocycles. The van der Waals surface area contributed by atoms with Crippen molar-refractivity contribution in [2.75, 3.05) is 6.16 Å². The maximum atomic E-state index is 13.1. The Kier molecular flexibility index (Phi) is 7.00. The second kappa shape index (κ2) is 10.4. The van der Waals surface area contributed by atoms with Crippen LogP contribution in [0.5, 0.6) is 0 Å². The molecule has 5 aromatic rings. The van der Waals surface area contributed by atoms with Gasteiger partial charge in [0.15, 0.2) is 0 Å². The van der Waals surface area contributed by atoms with Gasteiger partial charge in [0.05, 0.1) is 11.7 Å². The molecule has 0 aliphatic heterocycles. The number of para-hydroxylation sites is 1. The zero-order valence-electron chi connectivity index (χ0n) is 21.7. The van der Waals surface area contributed by atoms with Gasteiger partial charge < -0.3 is 4.74 Å². The Hall–Kier alpha value is -3.68. The molecule has 0 aliphatic rings. The van der Waals surface area contributed by atoms with Crippen molar-refractivity contribution in [3.8, 4) is 0 Å². The third kappa shape index (κ3) is 5.10. The van der Waals surface area contributed by atoms with Gasteiger partial charge in [-0.05, 0) is 68.8 Å². The van der Waals surface area contributed by atoms with Gasteiger partial charge in [-0.25, -0.2) is 4.79 Å². The second-order valence-electron chi connectivity index (χ2n) is 10.3. The van der Waals surface area contributed by atoms with Gasteiger partial charge in [0.2, 0.25) is 0 Å². The van der Waals surface area contributed by atoms with E-state index >= 15 is 0 Å². The summed E-state index contributed by atoms with van der Waals surface area (Å²) < 4.78 is 7.40. The van der Waals surface area contributed by atoms with E-state index in [-0.39, 0.29) is 6.09 Å². The van der Waals surface area contributed by atoms with Crippen LogP contribution in [0.4, 0.5) is 4.79 Å². The molecule has 1 aromatic heterocycles. The minimum Gasteiger partial charge on any atom is -0.443 e. The zero-order chi connectivity index (χ0) is 25.9. The van der Waals surface area contributed by atoms with E-state index in [1.807, 2.05) is 45.2 Å². The Balaban J connectivity index is 1.63. The number of hydrogen-bond acceptors (Lipinski definition) is 2. The molecule has 186 valence electrons. The molecule has 0 unspecified atom stereocenters. The van der Waals surface area contributed by atoms with Crippen molar-refractivity contribution in [3.05, 3.63) is 127 Å². The van der Waals surface area contributed by atoms with Crippen LogP contribution in [0.3, 0.4) is 0 Å². The topological polar surface area (TPSA) is 31.2 Å². The maximum absolute atomic E-state index is 13.1. The van der Waals surface area contributed by atoms with E-state index in [4.69, 9.17) is 4.74 Å². The highest BCUT2D eigenvalue weighted by atomic mass is 31.2. The van der Waals surface area contributed by atoms with Crippen molar-refractivity contribution in [3.63, 3.8) is 0 Å². The molecule has 3 nitrogen and oxygen atoms in total. The number of carbonyl (C=O) groups is 1. The molecular weight excluding hydrogens is 473 g/mol. The molecular formula is C33H33NO2P+. The van der Waals surface area contributed by atoms with Crippen LogP contribution in [0.1, 0.15) is 26.3 Å². The van der Waals surface area contributed by atoms with Crippen molar-refractivity contribution in [2.24, 2.45) is 0 Å². The summed E-state index contributed by atoms with van der Waals surface area (Å²) in [4.78, 5) is 13.1. The molecule has 0 atom stereocenters. The summed E-state index contributed by atoms with van der Waals surface area (Å²) in [6, 6.07) is 40.9. The number of hydrogen-bond donors (Lipinski definition) is 0. The molecule has 0 spiro atoms. The van der Waals surface area contributed by atoms with Crippen LogP contribution >= 0.6 is 7.26 Å². The van der Waals surface area contributed by atoms with E-state index in [9.17, 15) is 4.79 Å². The Morgan fingerprint density at radius 2 is 1.16 bits per heavy atom. The van der Waals surface area contributed by atoms with Crippen LogP contribution in [0, 0.1) is 0 Å². The lowest BCUT2D eigenvalue weighted by atomic mass is 10.1. The summed E-state index contributed by atoms with van der Waals surface area (Å²) >= 11 is 0. The fourth-order valence-corrected chi connectivity index (χ4v) is 9.37. The number of aryl methyl sites for hydroxylation is 1. The molecule has 4 aromatic carbocycles. The fraction of sp³-hybridized carbons (Fsp3) is 0.182. The van der Waals surface area contributed by atoms with Crippen molar-refractivity contribution < 1.29 is 9.53 Å². The summed E-state index contributed by atoms with van der Waals surface area (Å²) in [7, 11) is -1.97. The average Bonchev–Trinajstić information content (AvgIpc) is 3.29. The Morgan fingerprint density at radius 3 is 1.65 bits per heavy atom. The number of carbonyl (C=O) groups excluding carboxylic acids is 1. The largest absolute Gasteiger partial charge is 0.443 e. The molecule has 0 saturated carbocycles. The number of nitrogens with zero attached hydrogens (tertiary/aromatic N) is 1. The quantitative estimate of drug-likeness (QED) is 0.233. The molecule has 37 heavy (non-hydrogen) atoms. The van der Waals surface area contributed by atoms with Crippen molar-refractivity contribution in [2.45, 2.75) is 32.8 Å². The van der Waals surface area contributed by atoms with E-state index in [1.165, 1.54) is 15.9 Å². The minimum absolute atomic E-state index is 0.342. The Bertz CT molecular complexity index is 1390. The lowest BCUT2D eigenvalue weighted by Gasteiger charge is -2.27. The highest BCUT2D eigenvalue weighted by Crippen LogP contribution is 2.55. The van der Waals surface area contributed by atoms with E-state index in [1.54, 1.807) is 4.57 Å². The van der Waals surface area contributed by atoms with Crippen LogP contribution in [-0.4, -0.2) is 22.4 Å². The lowest BCUT2D eigenvalue weighted by Crippen LogP contribution is -2.34. The first-order valence-electron chi connectivity index (χ1n) is 12.8. The third-order valence-corrected chi connectivity index (χ3v) is 11.1. The van der Waals surface area contributed by atoms with Crippen LogP contribution < -0.4 is 15.9 Å². The van der Waals surface area contributed by atoms with Gasteiger partial charge in [-0.1, -0.05) is 72.8 Å². The summed E-state index contributed by atoms with van der Waals surface area (Å²) in [6.07, 6.45) is 3.43.